The topological polar surface area (TPSA) is 37.3 Å². The van der Waals surface area contributed by atoms with Gasteiger partial charge < -0.3 is 5.11 Å². The largest absolute Gasteiger partial charge is 0.507 e. The number of hydrogen-bond acceptors (Lipinski definition) is 2. The summed E-state index contributed by atoms with van der Waals surface area (Å²) in [4.78, 5) is 11.8. The van der Waals surface area contributed by atoms with Gasteiger partial charge in [0.15, 0.2) is 5.78 Å². The van der Waals surface area contributed by atoms with Crippen molar-refractivity contribution < 1.29 is 9.90 Å². The second-order valence-corrected chi connectivity index (χ2v) is 4.12. The lowest BCUT2D eigenvalue weighted by molar-refractivity contribution is 0.0936. The number of phenols is 1. The summed E-state index contributed by atoms with van der Waals surface area (Å²) < 4.78 is 0. The molecule has 82 valence electrons. The van der Waals surface area contributed by atoms with Gasteiger partial charge in [0.2, 0.25) is 0 Å². The maximum atomic E-state index is 11.8. The number of Topliss-reactive ketones (excluding diaryl/α,β-unsaturated/α-hetero) is 1. The first-order chi connectivity index (χ1) is 7.06. The molecule has 0 fully saturated rings. The van der Waals surface area contributed by atoms with Crippen LogP contribution < -0.4 is 0 Å². The van der Waals surface area contributed by atoms with Gasteiger partial charge in [0.05, 0.1) is 5.56 Å². The molecule has 0 amide bonds. The molecule has 1 aromatic rings. The molecule has 2 nitrogen and oxygen atoms in total. The lowest BCUT2D eigenvalue weighted by atomic mass is 9.97. The molecule has 1 N–H and O–H groups in total. The third-order valence-corrected chi connectivity index (χ3v) is 2.39. The van der Waals surface area contributed by atoms with Crippen LogP contribution in [-0.2, 0) is 6.42 Å². The van der Waals surface area contributed by atoms with Crippen molar-refractivity contribution in [1.82, 2.24) is 0 Å². The summed E-state index contributed by atoms with van der Waals surface area (Å²) in [5.74, 6) is 0.0202. The highest BCUT2D eigenvalue weighted by atomic mass is 16.3. The van der Waals surface area contributed by atoms with E-state index < -0.39 is 0 Å². The lowest BCUT2D eigenvalue weighted by Crippen LogP contribution is -2.08. The number of aryl methyl sites for hydroxylation is 1. The Labute approximate surface area is 90.9 Å². The summed E-state index contributed by atoms with van der Waals surface area (Å²) in [7, 11) is 0. The first-order valence-corrected chi connectivity index (χ1v) is 5.42. The van der Waals surface area contributed by atoms with E-state index in [2.05, 4.69) is 6.92 Å². The van der Waals surface area contributed by atoms with Crippen molar-refractivity contribution >= 4 is 5.78 Å². The summed E-state index contributed by atoms with van der Waals surface area (Å²) in [5, 5.41) is 9.60. The van der Waals surface area contributed by atoms with Crippen LogP contribution in [0.15, 0.2) is 18.2 Å². The Morgan fingerprint density at radius 3 is 2.60 bits per heavy atom. The standard InChI is InChI=1S/C13H18O2/c1-4-5-10-6-7-12(14)11(8-10)13(15)9(2)3/h6-9,14H,4-5H2,1-3H3. The first-order valence-electron chi connectivity index (χ1n) is 5.42. The summed E-state index contributed by atoms with van der Waals surface area (Å²) in [6.45, 7) is 5.78. The molecule has 0 saturated heterocycles. The van der Waals surface area contributed by atoms with Crippen LogP contribution in [0.25, 0.3) is 0 Å². The van der Waals surface area contributed by atoms with Gasteiger partial charge in [-0.05, 0) is 24.1 Å². The van der Waals surface area contributed by atoms with E-state index >= 15 is 0 Å². The van der Waals surface area contributed by atoms with Gasteiger partial charge in [-0.15, -0.1) is 0 Å². The van der Waals surface area contributed by atoms with Gasteiger partial charge in [0.25, 0.3) is 0 Å². The Morgan fingerprint density at radius 2 is 2.07 bits per heavy atom. The van der Waals surface area contributed by atoms with Crippen LogP contribution in [0.5, 0.6) is 5.75 Å². The first kappa shape index (κ1) is 11.8. The highest BCUT2D eigenvalue weighted by Crippen LogP contribution is 2.22. The smallest absolute Gasteiger partial charge is 0.169 e. The van der Waals surface area contributed by atoms with Gasteiger partial charge in [0, 0.05) is 5.92 Å². The summed E-state index contributed by atoms with van der Waals surface area (Å²) >= 11 is 0. The van der Waals surface area contributed by atoms with Crippen LogP contribution >= 0.6 is 0 Å². The lowest BCUT2D eigenvalue weighted by Gasteiger charge is -2.08. The number of aromatic hydroxyl groups is 1. The van der Waals surface area contributed by atoms with E-state index in [9.17, 15) is 9.90 Å². The predicted octanol–water partition coefficient (Wildman–Crippen LogP) is 3.18. The van der Waals surface area contributed by atoms with Crippen molar-refractivity contribution in [2.75, 3.05) is 0 Å². The molecule has 0 spiro atoms. The molecule has 0 bridgehead atoms. The highest BCUT2D eigenvalue weighted by Gasteiger charge is 2.14. The van der Waals surface area contributed by atoms with Crippen LogP contribution in [0.2, 0.25) is 0 Å². The van der Waals surface area contributed by atoms with E-state index in [1.54, 1.807) is 12.1 Å². The molecule has 1 rings (SSSR count). The Balaban J connectivity index is 3.05. The molecule has 0 aromatic heterocycles. The quantitative estimate of drug-likeness (QED) is 0.768. The molecule has 0 aliphatic carbocycles. The minimum Gasteiger partial charge on any atom is -0.507 e. The molecule has 1 aromatic carbocycles. The maximum Gasteiger partial charge on any atom is 0.169 e. The SMILES string of the molecule is CCCc1ccc(O)c(C(=O)C(C)C)c1. The Bertz CT molecular complexity index is 354. The monoisotopic (exact) mass is 206 g/mol. The Morgan fingerprint density at radius 1 is 1.40 bits per heavy atom. The zero-order valence-corrected chi connectivity index (χ0v) is 9.58. The van der Waals surface area contributed by atoms with E-state index in [4.69, 9.17) is 0 Å². The zero-order chi connectivity index (χ0) is 11.4. The molecular formula is C13H18O2. The predicted molar refractivity (Wildman–Crippen MR) is 61.3 cm³/mol. The van der Waals surface area contributed by atoms with Crippen molar-refractivity contribution in [1.29, 1.82) is 0 Å². The Hall–Kier alpha value is -1.31. The number of rotatable bonds is 4. The van der Waals surface area contributed by atoms with E-state index in [-0.39, 0.29) is 17.5 Å². The number of hydrogen-bond donors (Lipinski definition) is 1. The van der Waals surface area contributed by atoms with E-state index in [0.717, 1.165) is 18.4 Å². The minimum atomic E-state index is -0.0761. The van der Waals surface area contributed by atoms with E-state index in [1.165, 1.54) is 0 Å². The molecule has 0 aliphatic heterocycles. The minimum absolute atomic E-state index is 0.00505. The average molecular weight is 206 g/mol. The van der Waals surface area contributed by atoms with Crippen molar-refractivity contribution in [3.05, 3.63) is 29.3 Å². The third kappa shape index (κ3) is 2.82. The summed E-state index contributed by atoms with van der Waals surface area (Å²) in [5.41, 5.74) is 1.57. The molecule has 2 heteroatoms. The number of benzene rings is 1. The fourth-order valence-corrected chi connectivity index (χ4v) is 1.54. The molecule has 0 heterocycles. The fraction of sp³-hybridized carbons (Fsp3) is 0.462. The van der Waals surface area contributed by atoms with Crippen molar-refractivity contribution in [3.63, 3.8) is 0 Å². The number of ketones is 1. The molecule has 0 radical (unpaired) electrons. The van der Waals surface area contributed by atoms with Crippen LogP contribution in [0.4, 0.5) is 0 Å². The second-order valence-electron chi connectivity index (χ2n) is 4.12. The fourth-order valence-electron chi connectivity index (χ4n) is 1.54. The van der Waals surface area contributed by atoms with Gasteiger partial charge in [-0.3, -0.25) is 4.79 Å². The zero-order valence-electron chi connectivity index (χ0n) is 9.58. The maximum absolute atomic E-state index is 11.8. The van der Waals surface area contributed by atoms with E-state index in [0.29, 0.717) is 5.56 Å². The van der Waals surface area contributed by atoms with Crippen molar-refractivity contribution in [3.8, 4) is 5.75 Å². The number of phenolic OH excluding ortho intramolecular Hbond substituents is 1. The molecule has 15 heavy (non-hydrogen) atoms. The third-order valence-electron chi connectivity index (χ3n) is 2.39. The summed E-state index contributed by atoms with van der Waals surface area (Å²) in [6.07, 6.45) is 1.98. The van der Waals surface area contributed by atoms with Gasteiger partial charge in [-0.25, -0.2) is 0 Å². The average Bonchev–Trinajstić information content (AvgIpc) is 2.20. The van der Waals surface area contributed by atoms with Gasteiger partial charge in [-0.2, -0.15) is 0 Å². The van der Waals surface area contributed by atoms with Gasteiger partial charge in [0.1, 0.15) is 5.75 Å². The van der Waals surface area contributed by atoms with Gasteiger partial charge in [-0.1, -0.05) is 33.3 Å². The highest BCUT2D eigenvalue weighted by molar-refractivity contribution is 5.99. The molecule has 0 saturated carbocycles. The Kier molecular flexibility index (Phi) is 3.89. The molecule has 0 atom stereocenters. The number of carbonyl (C=O) groups excluding carboxylic acids is 1. The molecular weight excluding hydrogens is 188 g/mol. The van der Waals surface area contributed by atoms with Crippen molar-refractivity contribution in [2.45, 2.75) is 33.6 Å². The number of carbonyl (C=O) groups is 1. The molecule has 0 unspecified atom stereocenters. The van der Waals surface area contributed by atoms with Crippen LogP contribution in [0.1, 0.15) is 43.1 Å². The molecule has 0 aliphatic rings. The van der Waals surface area contributed by atoms with Crippen molar-refractivity contribution in [2.24, 2.45) is 5.92 Å². The normalized spacial score (nSPS) is 10.7. The van der Waals surface area contributed by atoms with Crippen LogP contribution in [0.3, 0.4) is 0 Å². The summed E-state index contributed by atoms with van der Waals surface area (Å²) in [6, 6.07) is 5.29. The van der Waals surface area contributed by atoms with E-state index in [1.807, 2.05) is 19.9 Å². The second kappa shape index (κ2) is 4.96. The van der Waals surface area contributed by atoms with Gasteiger partial charge >= 0.3 is 0 Å². The van der Waals surface area contributed by atoms with Crippen LogP contribution in [-0.4, -0.2) is 10.9 Å². The van der Waals surface area contributed by atoms with Crippen LogP contribution in [0, 0.1) is 5.92 Å².